The standard InChI is InChI=1S/C12H14N2O5/c1-3-13(7-11(15)16)12(17)9-5-4-6-10(8(9)2)14(18)19/h4-6H,3,7H2,1-2H3,(H,15,16). The molecule has 7 heteroatoms. The summed E-state index contributed by atoms with van der Waals surface area (Å²) in [4.78, 5) is 34.2. The monoisotopic (exact) mass is 266 g/mol. The van der Waals surface area contributed by atoms with Crippen LogP contribution in [0.3, 0.4) is 0 Å². The van der Waals surface area contributed by atoms with Crippen LogP contribution in [0.4, 0.5) is 5.69 Å². The molecular formula is C12H14N2O5. The van der Waals surface area contributed by atoms with Crippen molar-refractivity contribution >= 4 is 17.6 Å². The van der Waals surface area contributed by atoms with Crippen molar-refractivity contribution in [1.82, 2.24) is 4.90 Å². The molecule has 0 aromatic heterocycles. The topological polar surface area (TPSA) is 101 Å². The van der Waals surface area contributed by atoms with Crippen molar-refractivity contribution in [3.8, 4) is 0 Å². The van der Waals surface area contributed by atoms with E-state index in [1.807, 2.05) is 0 Å². The normalized spacial score (nSPS) is 10.0. The molecule has 0 aliphatic heterocycles. The number of amides is 1. The van der Waals surface area contributed by atoms with E-state index in [2.05, 4.69) is 0 Å². The second-order valence-corrected chi connectivity index (χ2v) is 3.92. The van der Waals surface area contributed by atoms with Crippen molar-refractivity contribution in [1.29, 1.82) is 0 Å². The lowest BCUT2D eigenvalue weighted by Gasteiger charge is -2.19. The Morgan fingerprint density at radius 2 is 2.05 bits per heavy atom. The van der Waals surface area contributed by atoms with Gasteiger partial charge < -0.3 is 10.0 Å². The molecule has 1 aromatic rings. The van der Waals surface area contributed by atoms with E-state index in [4.69, 9.17) is 5.11 Å². The van der Waals surface area contributed by atoms with E-state index >= 15 is 0 Å². The third-order valence-electron chi connectivity index (χ3n) is 2.73. The summed E-state index contributed by atoms with van der Waals surface area (Å²) in [7, 11) is 0. The molecule has 1 aromatic carbocycles. The Hall–Kier alpha value is -2.44. The molecule has 0 aliphatic rings. The lowest BCUT2D eigenvalue weighted by atomic mass is 10.1. The van der Waals surface area contributed by atoms with Gasteiger partial charge in [-0.1, -0.05) is 6.07 Å². The van der Waals surface area contributed by atoms with E-state index in [0.717, 1.165) is 4.90 Å². The predicted molar refractivity (Wildman–Crippen MR) is 67.0 cm³/mol. The number of nitrogens with zero attached hydrogens (tertiary/aromatic N) is 2. The second kappa shape index (κ2) is 5.94. The first-order chi connectivity index (χ1) is 8.88. The van der Waals surface area contributed by atoms with Crippen LogP contribution in [0.15, 0.2) is 18.2 Å². The molecule has 1 N–H and O–H groups in total. The van der Waals surface area contributed by atoms with Crippen molar-refractivity contribution < 1.29 is 19.6 Å². The fourth-order valence-electron chi connectivity index (χ4n) is 1.71. The first kappa shape index (κ1) is 14.6. The molecule has 0 spiro atoms. The summed E-state index contributed by atoms with van der Waals surface area (Å²) in [6.07, 6.45) is 0. The molecule has 7 nitrogen and oxygen atoms in total. The molecule has 0 radical (unpaired) electrons. The summed E-state index contributed by atoms with van der Waals surface area (Å²) in [6.45, 7) is 2.90. The maximum Gasteiger partial charge on any atom is 0.323 e. The third-order valence-corrected chi connectivity index (χ3v) is 2.73. The van der Waals surface area contributed by atoms with Crippen molar-refractivity contribution in [3.63, 3.8) is 0 Å². The number of carbonyl (C=O) groups excluding carboxylic acids is 1. The highest BCUT2D eigenvalue weighted by Gasteiger charge is 2.22. The molecular weight excluding hydrogens is 252 g/mol. The van der Waals surface area contributed by atoms with Gasteiger partial charge in [-0.3, -0.25) is 19.7 Å². The number of nitro benzene ring substituents is 1. The molecule has 1 amide bonds. The molecule has 0 saturated heterocycles. The van der Waals surface area contributed by atoms with Crippen molar-refractivity contribution in [2.75, 3.05) is 13.1 Å². The number of rotatable bonds is 5. The molecule has 19 heavy (non-hydrogen) atoms. The Kier molecular flexibility index (Phi) is 4.57. The largest absolute Gasteiger partial charge is 0.480 e. The van der Waals surface area contributed by atoms with Crippen LogP contribution in [0.2, 0.25) is 0 Å². The van der Waals surface area contributed by atoms with Gasteiger partial charge in [0.15, 0.2) is 0 Å². The summed E-state index contributed by atoms with van der Waals surface area (Å²) >= 11 is 0. The smallest absolute Gasteiger partial charge is 0.323 e. The fraction of sp³-hybridized carbons (Fsp3) is 0.333. The molecule has 0 unspecified atom stereocenters. The van der Waals surface area contributed by atoms with Crippen molar-refractivity contribution in [3.05, 3.63) is 39.4 Å². The number of carbonyl (C=O) groups is 2. The molecule has 0 saturated carbocycles. The van der Waals surface area contributed by atoms with Gasteiger partial charge in [-0.25, -0.2) is 0 Å². The zero-order chi connectivity index (χ0) is 14.6. The molecule has 0 bridgehead atoms. The number of likely N-dealkylation sites (N-methyl/N-ethyl adjacent to an activating group) is 1. The minimum absolute atomic E-state index is 0.150. The van der Waals surface area contributed by atoms with Crippen LogP contribution in [0, 0.1) is 17.0 Å². The maximum atomic E-state index is 12.1. The number of aliphatic carboxylic acids is 1. The number of hydrogen-bond acceptors (Lipinski definition) is 4. The minimum atomic E-state index is -1.13. The van der Waals surface area contributed by atoms with Crippen molar-refractivity contribution in [2.24, 2.45) is 0 Å². The van der Waals surface area contributed by atoms with E-state index in [0.29, 0.717) is 0 Å². The first-order valence-corrected chi connectivity index (χ1v) is 5.63. The highest BCUT2D eigenvalue weighted by Crippen LogP contribution is 2.22. The van der Waals surface area contributed by atoms with Crippen LogP contribution < -0.4 is 0 Å². The fourth-order valence-corrected chi connectivity index (χ4v) is 1.71. The van der Waals surface area contributed by atoms with Gasteiger partial charge in [0.05, 0.1) is 4.92 Å². The summed E-state index contributed by atoms with van der Waals surface area (Å²) in [5.41, 5.74) is 0.232. The average Bonchev–Trinajstić information content (AvgIpc) is 2.34. The summed E-state index contributed by atoms with van der Waals surface area (Å²) in [5, 5.41) is 19.5. The van der Waals surface area contributed by atoms with Crippen molar-refractivity contribution in [2.45, 2.75) is 13.8 Å². The van der Waals surface area contributed by atoms with Crippen LogP contribution in [-0.4, -0.2) is 39.9 Å². The zero-order valence-electron chi connectivity index (χ0n) is 10.6. The molecule has 0 heterocycles. The van der Waals surface area contributed by atoms with Gasteiger partial charge in [0.1, 0.15) is 6.54 Å². The summed E-state index contributed by atoms with van der Waals surface area (Å²) in [5.74, 6) is -1.65. The molecule has 0 atom stereocenters. The zero-order valence-corrected chi connectivity index (χ0v) is 10.6. The van der Waals surface area contributed by atoms with E-state index in [-0.39, 0.29) is 23.4 Å². The van der Waals surface area contributed by atoms with E-state index in [9.17, 15) is 19.7 Å². The van der Waals surface area contributed by atoms with Crippen LogP contribution in [0.25, 0.3) is 0 Å². The molecule has 0 aliphatic carbocycles. The van der Waals surface area contributed by atoms with Gasteiger partial charge in [0.2, 0.25) is 0 Å². The maximum absolute atomic E-state index is 12.1. The summed E-state index contributed by atoms with van der Waals surface area (Å²) in [6, 6.07) is 4.17. The predicted octanol–water partition coefficient (Wildman–Crippen LogP) is 1.45. The molecule has 1 rings (SSSR count). The Balaban J connectivity index is 3.15. The third kappa shape index (κ3) is 3.27. The van der Waals surface area contributed by atoms with E-state index in [1.54, 1.807) is 6.92 Å². The quantitative estimate of drug-likeness (QED) is 0.642. The summed E-state index contributed by atoms with van der Waals surface area (Å²) < 4.78 is 0. The van der Waals surface area contributed by atoms with Gasteiger partial charge in [0.25, 0.3) is 11.6 Å². The lowest BCUT2D eigenvalue weighted by molar-refractivity contribution is -0.385. The Labute approximate surface area is 109 Å². The lowest BCUT2D eigenvalue weighted by Crippen LogP contribution is -2.35. The van der Waals surface area contributed by atoms with Crippen LogP contribution in [0.5, 0.6) is 0 Å². The van der Waals surface area contributed by atoms with Gasteiger partial charge in [-0.05, 0) is 19.9 Å². The van der Waals surface area contributed by atoms with Gasteiger partial charge in [-0.15, -0.1) is 0 Å². The van der Waals surface area contributed by atoms with Gasteiger partial charge >= 0.3 is 5.97 Å². The SMILES string of the molecule is CCN(CC(=O)O)C(=O)c1cccc([N+](=O)[O-])c1C. The van der Waals surface area contributed by atoms with E-state index in [1.165, 1.54) is 25.1 Å². The number of benzene rings is 1. The van der Waals surface area contributed by atoms with Crippen LogP contribution >= 0.6 is 0 Å². The highest BCUT2D eigenvalue weighted by molar-refractivity contribution is 5.97. The molecule has 0 fully saturated rings. The van der Waals surface area contributed by atoms with E-state index < -0.39 is 23.3 Å². The second-order valence-electron chi connectivity index (χ2n) is 3.92. The number of carboxylic acid groups (broad SMARTS) is 1. The van der Waals surface area contributed by atoms with Gasteiger partial charge in [0, 0.05) is 23.7 Å². The Morgan fingerprint density at radius 3 is 2.53 bits per heavy atom. The number of nitro groups is 1. The Morgan fingerprint density at radius 1 is 1.42 bits per heavy atom. The first-order valence-electron chi connectivity index (χ1n) is 5.63. The highest BCUT2D eigenvalue weighted by atomic mass is 16.6. The number of carboxylic acids is 1. The van der Waals surface area contributed by atoms with Gasteiger partial charge in [-0.2, -0.15) is 0 Å². The Bertz CT molecular complexity index is 527. The van der Waals surface area contributed by atoms with Crippen LogP contribution in [-0.2, 0) is 4.79 Å². The van der Waals surface area contributed by atoms with Crippen LogP contribution in [0.1, 0.15) is 22.8 Å². The molecule has 102 valence electrons. The number of hydrogen-bond donors (Lipinski definition) is 1. The average molecular weight is 266 g/mol. The minimum Gasteiger partial charge on any atom is -0.480 e.